The second-order valence-corrected chi connectivity index (χ2v) is 6.88. The fraction of sp³-hybridized carbons (Fsp3) is 0.529. The van der Waals surface area contributed by atoms with Crippen LogP contribution in [-0.2, 0) is 6.42 Å². The normalized spacial score (nSPS) is 14.7. The smallest absolute Gasteiger partial charge is 0.137 e. The Kier molecular flexibility index (Phi) is 5.46. The fourth-order valence-electron chi connectivity index (χ4n) is 2.63. The molecule has 0 aliphatic rings. The summed E-state index contributed by atoms with van der Waals surface area (Å²) in [6.45, 7) is 5.88. The lowest BCUT2D eigenvalue weighted by atomic mass is 9.83. The maximum atomic E-state index is 13.7. The zero-order chi connectivity index (χ0) is 17.0. The summed E-state index contributed by atoms with van der Waals surface area (Å²) in [5, 5.41) is 14.7. The zero-order valence-electron chi connectivity index (χ0n) is 13.7. The minimum Gasteiger partial charge on any atom is -0.390 e. The van der Waals surface area contributed by atoms with Crippen molar-refractivity contribution in [3.63, 3.8) is 0 Å². The molecule has 126 valence electrons. The average Bonchev–Trinajstić information content (AvgIpc) is 2.98. The lowest BCUT2D eigenvalue weighted by Crippen LogP contribution is -2.36. The Morgan fingerprint density at radius 1 is 1.26 bits per heavy atom. The van der Waals surface area contributed by atoms with Crippen molar-refractivity contribution in [1.29, 1.82) is 0 Å². The fourth-order valence-corrected chi connectivity index (χ4v) is 2.63. The molecule has 2 unspecified atom stereocenters. The highest BCUT2D eigenvalue weighted by Gasteiger charge is 2.31. The summed E-state index contributed by atoms with van der Waals surface area (Å²) in [5.74, 6) is -1.10. The molecule has 0 aliphatic heterocycles. The molecule has 0 saturated carbocycles. The molecule has 1 heterocycles. The molecule has 1 aromatic carbocycles. The van der Waals surface area contributed by atoms with Gasteiger partial charge in [0.2, 0.25) is 0 Å². The molecule has 1 N–H and O–H groups in total. The van der Waals surface area contributed by atoms with Gasteiger partial charge in [0.25, 0.3) is 0 Å². The van der Waals surface area contributed by atoms with Crippen molar-refractivity contribution in [3.8, 4) is 0 Å². The highest BCUT2D eigenvalue weighted by atomic mass is 19.1. The van der Waals surface area contributed by atoms with Crippen molar-refractivity contribution in [3.05, 3.63) is 48.1 Å². The van der Waals surface area contributed by atoms with Crippen LogP contribution in [0.4, 0.5) is 8.78 Å². The Morgan fingerprint density at radius 2 is 2.00 bits per heavy atom. The Labute approximate surface area is 135 Å². The molecule has 0 radical (unpaired) electrons. The molecule has 0 saturated heterocycles. The Hall–Kier alpha value is -1.82. The van der Waals surface area contributed by atoms with Gasteiger partial charge in [0.15, 0.2) is 0 Å². The number of nitrogens with zero attached hydrogens (tertiary/aromatic N) is 3. The molecule has 0 spiro atoms. The van der Waals surface area contributed by atoms with Crippen LogP contribution < -0.4 is 0 Å². The van der Waals surface area contributed by atoms with Gasteiger partial charge in [0.1, 0.15) is 24.3 Å². The van der Waals surface area contributed by atoms with Crippen LogP contribution in [0.25, 0.3) is 0 Å². The number of benzene rings is 1. The van der Waals surface area contributed by atoms with Crippen LogP contribution in [-0.4, -0.2) is 26.0 Å². The molecule has 2 aromatic rings. The van der Waals surface area contributed by atoms with Gasteiger partial charge in [-0.1, -0.05) is 26.8 Å². The number of aromatic nitrogens is 3. The van der Waals surface area contributed by atoms with Crippen LogP contribution in [0.15, 0.2) is 30.9 Å². The maximum absolute atomic E-state index is 13.7. The number of rotatable bonds is 6. The molecule has 0 amide bonds. The number of halogens is 2. The Morgan fingerprint density at radius 3 is 2.57 bits per heavy atom. The third kappa shape index (κ3) is 4.58. The van der Waals surface area contributed by atoms with Gasteiger partial charge in [-0.15, -0.1) is 0 Å². The molecular weight excluding hydrogens is 300 g/mol. The van der Waals surface area contributed by atoms with Gasteiger partial charge >= 0.3 is 0 Å². The summed E-state index contributed by atoms with van der Waals surface area (Å²) in [5.41, 5.74) is 0.173. The SMILES string of the molecule is CC(C)(C)C(O)C(CCCc1ccc(F)cc1F)n1cncn1. The van der Waals surface area contributed by atoms with Gasteiger partial charge in [0.05, 0.1) is 12.1 Å². The van der Waals surface area contributed by atoms with Gasteiger partial charge in [-0.05, 0) is 36.3 Å². The predicted octanol–water partition coefficient (Wildman–Crippen LogP) is 3.53. The van der Waals surface area contributed by atoms with Crippen molar-refractivity contribution in [2.75, 3.05) is 0 Å². The van der Waals surface area contributed by atoms with Gasteiger partial charge in [-0.25, -0.2) is 18.4 Å². The maximum Gasteiger partial charge on any atom is 0.137 e. The average molecular weight is 323 g/mol. The monoisotopic (exact) mass is 323 g/mol. The summed E-state index contributed by atoms with van der Waals surface area (Å²) in [6.07, 6.45) is 4.16. The zero-order valence-corrected chi connectivity index (χ0v) is 13.7. The van der Waals surface area contributed by atoms with E-state index in [4.69, 9.17) is 0 Å². The van der Waals surface area contributed by atoms with E-state index in [0.29, 0.717) is 24.8 Å². The minimum absolute atomic E-state index is 0.235. The first kappa shape index (κ1) is 17.5. The lowest BCUT2D eigenvalue weighted by Gasteiger charge is -2.33. The van der Waals surface area contributed by atoms with E-state index in [0.717, 1.165) is 6.07 Å². The highest BCUT2D eigenvalue weighted by molar-refractivity contribution is 5.18. The van der Waals surface area contributed by atoms with E-state index in [1.807, 2.05) is 20.8 Å². The lowest BCUT2D eigenvalue weighted by molar-refractivity contribution is 0.00868. The summed E-state index contributed by atoms with van der Waals surface area (Å²) >= 11 is 0. The first-order valence-electron chi connectivity index (χ1n) is 7.75. The van der Waals surface area contributed by atoms with Gasteiger partial charge in [0, 0.05) is 6.07 Å². The van der Waals surface area contributed by atoms with E-state index in [1.54, 1.807) is 11.0 Å². The standard InChI is InChI=1S/C17H23F2N3O/c1-17(2,3)16(23)15(22-11-20-10-21-22)6-4-5-12-7-8-13(18)9-14(12)19/h7-11,15-16,23H,4-6H2,1-3H3. The van der Waals surface area contributed by atoms with Crippen LogP contribution in [0.3, 0.4) is 0 Å². The van der Waals surface area contributed by atoms with Crippen molar-refractivity contribution >= 4 is 0 Å². The van der Waals surface area contributed by atoms with Crippen LogP contribution in [0.5, 0.6) is 0 Å². The van der Waals surface area contributed by atoms with E-state index in [9.17, 15) is 13.9 Å². The molecule has 1 aromatic heterocycles. The van der Waals surface area contributed by atoms with Crippen molar-refractivity contribution < 1.29 is 13.9 Å². The van der Waals surface area contributed by atoms with E-state index >= 15 is 0 Å². The highest BCUT2D eigenvalue weighted by Crippen LogP contribution is 2.31. The van der Waals surface area contributed by atoms with Gasteiger partial charge in [-0.2, -0.15) is 5.10 Å². The molecule has 0 aliphatic carbocycles. The number of hydrogen-bond donors (Lipinski definition) is 1. The number of aliphatic hydroxyl groups is 1. The molecule has 4 nitrogen and oxygen atoms in total. The Bertz CT molecular complexity index is 623. The van der Waals surface area contributed by atoms with Crippen LogP contribution >= 0.6 is 0 Å². The van der Waals surface area contributed by atoms with Crippen LogP contribution in [0.1, 0.15) is 45.2 Å². The van der Waals surface area contributed by atoms with Crippen LogP contribution in [0.2, 0.25) is 0 Å². The molecule has 2 atom stereocenters. The number of hydrogen-bond acceptors (Lipinski definition) is 3. The molecule has 6 heteroatoms. The van der Waals surface area contributed by atoms with Gasteiger partial charge in [-0.3, -0.25) is 0 Å². The van der Waals surface area contributed by atoms with Crippen molar-refractivity contribution in [2.24, 2.45) is 5.41 Å². The van der Waals surface area contributed by atoms with Crippen LogP contribution in [0, 0.1) is 17.0 Å². The first-order chi connectivity index (χ1) is 10.8. The molecular formula is C17H23F2N3O. The Balaban J connectivity index is 2.04. The number of aryl methyl sites for hydroxylation is 1. The van der Waals surface area contributed by atoms with E-state index < -0.39 is 17.7 Å². The number of aliphatic hydroxyl groups excluding tert-OH is 1. The summed E-state index contributed by atoms with van der Waals surface area (Å²) in [4.78, 5) is 3.94. The third-order valence-corrected chi connectivity index (χ3v) is 3.99. The quantitative estimate of drug-likeness (QED) is 0.885. The molecule has 2 rings (SSSR count). The van der Waals surface area contributed by atoms with Crippen molar-refractivity contribution in [1.82, 2.24) is 14.8 Å². The van der Waals surface area contributed by atoms with E-state index in [-0.39, 0.29) is 11.5 Å². The molecule has 0 bridgehead atoms. The van der Waals surface area contributed by atoms with Gasteiger partial charge < -0.3 is 5.11 Å². The second-order valence-electron chi connectivity index (χ2n) is 6.88. The first-order valence-corrected chi connectivity index (χ1v) is 7.75. The third-order valence-electron chi connectivity index (χ3n) is 3.99. The predicted molar refractivity (Wildman–Crippen MR) is 83.8 cm³/mol. The summed E-state index contributed by atoms with van der Waals surface area (Å²) < 4.78 is 28.3. The molecule has 0 fully saturated rings. The van der Waals surface area contributed by atoms with E-state index in [1.165, 1.54) is 18.5 Å². The minimum atomic E-state index is -0.609. The van der Waals surface area contributed by atoms with E-state index in [2.05, 4.69) is 10.1 Å². The summed E-state index contributed by atoms with van der Waals surface area (Å²) in [7, 11) is 0. The topological polar surface area (TPSA) is 50.9 Å². The summed E-state index contributed by atoms with van der Waals surface area (Å²) in [6, 6.07) is 3.39. The largest absolute Gasteiger partial charge is 0.390 e. The second kappa shape index (κ2) is 7.17. The van der Waals surface area contributed by atoms with Crippen molar-refractivity contribution in [2.45, 2.75) is 52.2 Å². The molecule has 23 heavy (non-hydrogen) atoms.